The highest BCUT2D eigenvalue weighted by molar-refractivity contribution is 5.89. The normalized spacial score (nSPS) is 12.1. The van der Waals surface area contributed by atoms with Crippen LogP contribution in [0.4, 0.5) is 11.4 Å². The molecule has 0 bridgehead atoms. The van der Waals surface area contributed by atoms with Crippen LogP contribution in [-0.4, -0.2) is 32.7 Å². The summed E-state index contributed by atoms with van der Waals surface area (Å²) in [5, 5.41) is 22.7. The van der Waals surface area contributed by atoms with Crippen LogP contribution in [0.1, 0.15) is 44.7 Å². The van der Waals surface area contributed by atoms with E-state index in [1.165, 1.54) is 12.1 Å². The van der Waals surface area contributed by atoms with Crippen LogP contribution in [0, 0.1) is 20.2 Å². The van der Waals surface area contributed by atoms with Crippen LogP contribution < -0.4 is 0 Å². The van der Waals surface area contributed by atoms with E-state index in [0.29, 0.717) is 5.56 Å². The van der Waals surface area contributed by atoms with Crippen molar-refractivity contribution in [3.8, 4) is 0 Å². The van der Waals surface area contributed by atoms with E-state index < -0.39 is 21.5 Å². The molecule has 0 heterocycles. The number of nitro groups is 2. The molecule has 2 aromatic rings. The second-order valence-electron chi connectivity index (χ2n) is 7.03. The molecule has 1 amide bonds. The molecule has 148 valence electrons. The zero-order valence-corrected chi connectivity index (χ0v) is 16.2. The smallest absolute Gasteiger partial charge is 0.280 e. The van der Waals surface area contributed by atoms with Gasteiger partial charge in [-0.25, -0.2) is 0 Å². The summed E-state index contributed by atoms with van der Waals surface area (Å²) in [6, 6.07) is 11.9. The van der Waals surface area contributed by atoms with Crippen molar-refractivity contribution < 1.29 is 14.6 Å². The molecule has 0 fully saturated rings. The van der Waals surface area contributed by atoms with Crippen LogP contribution in [-0.2, 0) is 4.79 Å². The van der Waals surface area contributed by atoms with E-state index in [9.17, 15) is 25.0 Å². The fourth-order valence-corrected chi connectivity index (χ4v) is 3.40. The molecule has 28 heavy (non-hydrogen) atoms. The minimum atomic E-state index is -0.938. The monoisotopic (exact) mass is 385 g/mol. The van der Waals surface area contributed by atoms with Gasteiger partial charge in [0.1, 0.15) is 0 Å². The SMILES string of the molecule is CC(C)N(C(=O)[C@@H](c1ccccc1)c1ccc([N+](=O)[O-])cc1[N+](=O)[O-])C(C)C. The molecule has 0 aliphatic carbocycles. The maximum absolute atomic E-state index is 13.5. The van der Waals surface area contributed by atoms with E-state index >= 15 is 0 Å². The fourth-order valence-electron chi connectivity index (χ4n) is 3.40. The lowest BCUT2D eigenvalue weighted by molar-refractivity contribution is -0.394. The third-order valence-corrected chi connectivity index (χ3v) is 4.48. The summed E-state index contributed by atoms with van der Waals surface area (Å²) >= 11 is 0. The Hall–Kier alpha value is -3.29. The third kappa shape index (κ3) is 4.33. The van der Waals surface area contributed by atoms with Crippen LogP contribution in [0.3, 0.4) is 0 Å². The van der Waals surface area contributed by atoms with Gasteiger partial charge >= 0.3 is 0 Å². The van der Waals surface area contributed by atoms with Crippen LogP contribution in [0.15, 0.2) is 48.5 Å². The average molecular weight is 385 g/mol. The number of rotatable bonds is 7. The lowest BCUT2D eigenvalue weighted by atomic mass is 9.88. The number of nitrogens with zero attached hydrogens (tertiary/aromatic N) is 3. The van der Waals surface area contributed by atoms with Crippen molar-refractivity contribution in [2.24, 2.45) is 0 Å². The molecular weight excluding hydrogens is 362 g/mol. The molecule has 1 atom stereocenters. The predicted octanol–water partition coefficient (Wildman–Crippen LogP) is 4.28. The van der Waals surface area contributed by atoms with Crippen LogP contribution in [0.2, 0.25) is 0 Å². The molecule has 2 rings (SSSR count). The third-order valence-electron chi connectivity index (χ3n) is 4.48. The Morgan fingerprint density at radius 3 is 1.93 bits per heavy atom. The summed E-state index contributed by atoms with van der Waals surface area (Å²) in [4.78, 5) is 36.5. The Morgan fingerprint density at radius 2 is 1.46 bits per heavy atom. The minimum Gasteiger partial charge on any atom is -0.337 e. The fraction of sp³-hybridized carbons (Fsp3) is 0.350. The summed E-state index contributed by atoms with van der Waals surface area (Å²) in [6.45, 7) is 7.52. The predicted molar refractivity (Wildman–Crippen MR) is 105 cm³/mol. The molecule has 0 aliphatic rings. The topological polar surface area (TPSA) is 107 Å². The number of nitro benzene ring substituents is 2. The quantitative estimate of drug-likeness (QED) is 0.522. The van der Waals surface area contributed by atoms with Crippen molar-refractivity contribution in [2.45, 2.75) is 45.7 Å². The van der Waals surface area contributed by atoms with Gasteiger partial charge in [-0.2, -0.15) is 0 Å². The summed E-state index contributed by atoms with van der Waals surface area (Å²) in [5.74, 6) is -1.22. The molecule has 0 radical (unpaired) electrons. The van der Waals surface area contributed by atoms with Gasteiger partial charge in [-0.1, -0.05) is 30.3 Å². The van der Waals surface area contributed by atoms with Gasteiger partial charge in [-0.05, 0) is 39.3 Å². The summed E-state index contributed by atoms with van der Waals surface area (Å²) in [7, 11) is 0. The van der Waals surface area contributed by atoms with E-state index in [-0.39, 0.29) is 29.2 Å². The zero-order chi connectivity index (χ0) is 21.0. The molecule has 0 saturated heterocycles. The van der Waals surface area contributed by atoms with Crippen molar-refractivity contribution in [3.63, 3.8) is 0 Å². The lowest BCUT2D eigenvalue weighted by Crippen LogP contribution is -2.44. The number of non-ortho nitro benzene ring substituents is 1. The second-order valence-corrected chi connectivity index (χ2v) is 7.03. The van der Waals surface area contributed by atoms with E-state index in [1.54, 1.807) is 35.2 Å². The molecule has 0 spiro atoms. The Labute approximate surface area is 163 Å². The maximum Gasteiger partial charge on any atom is 0.280 e. The van der Waals surface area contributed by atoms with Gasteiger partial charge in [0.15, 0.2) is 0 Å². The summed E-state index contributed by atoms with van der Waals surface area (Å²) < 4.78 is 0. The number of carbonyl (C=O) groups excluding carboxylic acids is 1. The number of amides is 1. The van der Waals surface area contributed by atoms with E-state index in [0.717, 1.165) is 6.07 Å². The number of hydrogen-bond donors (Lipinski definition) is 0. The lowest BCUT2D eigenvalue weighted by Gasteiger charge is -2.34. The van der Waals surface area contributed by atoms with Gasteiger partial charge in [0, 0.05) is 23.7 Å². The standard InChI is InChI=1S/C20H23N3O5/c1-13(2)21(14(3)4)20(24)19(15-8-6-5-7-9-15)17-11-10-16(22(25)26)12-18(17)23(27)28/h5-14,19H,1-4H3/t19-/m0/s1. The molecule has 0 unspecified atom stereocenters. The van der Waals surface area contributed by atoms with Gasteiger partial charge in [0.2, 0.25) is 5.91 Å². The largest absolute Gasteiger partial charge is 0.337 e. The van der Waals surface area contributed by atoms with E-state index in [1.807, 2.05) is 27.7 Å². The highest BCUT2D eigenvalue weighted by Gasteiger charge is 2.35. The van der Waals surface area contributed by atoms with Gasteiger partial charge in [-0.3, -0.25) is 25.0 Å². The van der Waals surface area contributed by atoms with Gasteiger partial charge in [-0.15, -0.1) is 0 Å². The highest BCUT2D eigenvalue weighted by atomic mass is 16.6. The Bertz CT molecular complexity index is 873. The number of benzene rings is 2. The Kier molecular flexibility index (Phi) is 6.45. The van der Waals surface area contributed by atoms with Crippen molar-refractivity contribution in [1.82, 2.24) is 4.90 Å². The van der Waals surface area contributed by atoms with Crippen LogP contribution in [0.5, 0.6) is 0 Å². The summed E-state index contributed by atoms with van der Waals surface area (Å²) in [6.07, 6.45) is 0. The second kappa shape index (κ2) is 8.60. The molecule has 8 heteroatoms. The molecule has 0 aliphatic heterocycles. The minimum absolute atomic E-state index is 0.115. The summed E-state index contributed by atoms with van der Waals surface area (Å²) in [5.41, 5.74) is -0.1000. The molecule has 0 saturated carbocycles. The Morgan fingerprint density at radius 1 is 0.893 bits per heavy atom. The van der Waals surface area contributed by atoms with Crippen molar-refractivity contribution >= 4 is 17.3 Å². The molecule has 2 aromatic carbocycles. The van der Waals surface area contributed by atoms with Gasteiger partial charge < -0.3 is 4.90 Å². The van der Waals surface area contributed by atoms with Crippen molar-refractivity contribution in [1.29, 1.82) is 0 Å². The van der Waals surface area contributed by atoms with Crippen LogP contribution >= 0.6 is 0 Å². The van der Waals surface area contributed by atoms with E-state index in [2.05, 4.69) is 0 Å². The zero-order valence-electron chi connectivity index (χ0n) is 16.2. The van der Waals surface area contributed by atoms with E-state index in [4.69, 9.17) is 0 Å². The first-order valence-electron chi connectivity index (χ1n) is 8.95. The molecule has 0 aromatic heterocycles. The first kappa shape index (κ1) is 21.0. The van der Waals surface area contributed by atoms with Gasteiger partial charge in [0.05, 0.1) is 21.8 Å². The Balaban J connectivity index is 2.72. The van der Waals surface area contributed by atoms with Crippen LogP contribution in [0.25, 0.3) is 0 Å². The first-order valence-corrected chi connectivity index (χ1v) is 8.95. The first-order chi connectivity index (χ1) is 13.1. The average Bonchev–Trinajstić information content (AvgIpc) is 2.62. The van der Waals surface area contributed by atoms with Gasteiger partial charge in [0.25, 0.3) is 11.4 Å². The maximum atomic E-state index is 13.5. The molecule has 0 N–H and O–H groups in total. The van der Waals surface area contributed by atoms with Crippen molar-refractivity contribution in [2.75, 3.05) is 0 Å². The highest BCUT2D eigenvalue weighted by Crippen LogP contribution is 2.36. The number of carbonyl (C=O) groups is 1. The van der Waals surface area contributed by atoms with Crippen molar-refractivity contribution in [3.05, 3.63) is 79.9 Å². The number of hydrogen-bond acceptors (Lipinski definition) is 5. The molecular formula is C20H23N3O5. The molecule has 8 nitrogen and oxygen atoms in total.